The van der Waals surface area contributed by atoms with Crippen LogP contribution >= 0.6 is 0 Å². The Morgan fingerprint density at radius 2 is 1.62 bits per heavy atom. The molecule has 1 aromatic carbocycles. The number of para-hydroxylation sites is 2. The fraction of sp³-hybridized carbons (Fsp3) is 0.750. The number of anilines is 1. The minimum absolute atomic E-state index is 0.0955. The smallest absolute Gasteiger partial charge is 0.142 e. The van der Waals surface area contributed by atoms with E-state index in [0.717, 1.165) is 49.7 Å². The third-order valence-electron chi connectivity index (χ3n) is 7.83. The molecule has 1 atom stereocenters. The molecule has 1 saturated heterocycles. The summed E-state index contributed by atoms with van der Waals surface area (Å²) in [4.78, 5) is 4.76. The lowest BCUT2D eigenvalue weighted by atomic mass is 9.54. The Bertz CT molecular complexity index is 666. The highest BCUT2D eigenvalue weighted by Gasteiger charge is 2.51. The largest absolute Gasteiger partial charge is 0.495 e. The van der Waals surface area contributed by atoms with Crippen molar-refractivity contribution >= 4 is 5.69 Å². The maximum atomic E-state index is 10.7. The number of hydrogen-bond acceptors (Lipinski definition) is 5. The van der Waals surface area contributed by atoms with Crippen molar-refractivity contribution in [3.63, 3.8) is 0 Å². The molecule has 1 aliphatic heterocycles. The maximum absolute atomic E-state index is 10.7. The molecule has 5 aliphatic rings. The summed E-state index contributed by atoms with van der Waals surface area (Å²) < 4.78 is 12.0. The second-order valence-corrected chi connectivity index (χ2v) is 10.0. The van der Waals surface area contributed by atoms with Gasteiger partial charge in [0.05, 0.1) is 31.1 Å². The average molecular weight is 401 g/mol. The van der Waals surface area contributed by atoms with E-state index in [1.807, 2.05) is 12.1 Å². The summed E-state index contributed by atoms with van der Waals surface area (Å²) in [5, 5.41) is 10.7. The van der Waals surface area contributed by atoms with E-state index < -0.39 is 0 Å². The van der Waals surface area contributed by atoms with Crippen LogP contribution in [0.1, 0.15) is 38.5 Å². The molecule has 0 unspecified atom stereocenters. The standard InChI is InChI=1S/C24H36N2O3/c1-28-23-5-3-2-4-22(23)26-8-6-25(7-9-26)16-21(27)17-29-24-13-18-10-19(14-24)12-20(11-18)15-24/h2-5,18-21,27H,6-17H2,1H3/t18?,19?,20?,21-,24?/m0/s1. The molecule has 0 spiro atoms. The molecule has 160 valence electrons. The second-order valence-electron chi connectivity index (χ2n) is 10.0. The third-order valence-corrected chi connectivity index (χ3v) is 7.83. The highest BCUT2D eigenvalue weighted by Crippen LogP contribution is 2.57. The number of ether oxygens (including phenoxy) is 2. The van der Waals surface area contributed by atoms with E-state index in [1.54, 1.807) is 7.11 Å². The van der Waals surface area contributed by atoms with Gasteiger partial charge in [-0.25, -0.2) is 0 Å². The van der Waals surface area contributed by atoms with Crippen LogP contribution in [-0.2, 0) is 4.74 Å². The fourth-order valence-electron chi connectivity index (χ4n) is 6.89. The van der Waals surface area contributed by atoms with E-state index in [4.69, 9.17) is 9.47 Å². The first-order chi connectivity index (χ1) is 14.1. The van der Waals surface area contributed by atoms with Crippen molar-refractivity contribution in [2.45, 2.75) is 50.2 Å². The molecule has 0 aromatic heterocycles. The Morgan fingerprint density at radius 1 is 1.00 bits per heavy atom. The second kappa shape index (κ2) is 8.09. The van der Waals surface area contributed by atoms with Gasteiger partial charge in [0.15, 0.2) is 0 Å². The zero-order chi connectivity index (χ0) is 19.8. The molecular formula is C24H36N2O3. The monoisotopic (exact) mass is 400 g/mol. The van der Waals surface area contributed by atoms with E-state index in [0.29, 0.717) is 13.2 Å². The number of piperazine rings is 1. The van der Waals surface area contributed by atoms with Crippen LogP contribution in [0.5, 0.6) is 5.75 Å². The van der Waals surface area contributed by atoms with Crippen LogP contribution in [0.25, 0.3) is 0 Å². The fourth-order valence-corrected chi connectivity index (χ4v) is 6.89. The predicted octanol–water partition coefficient (Wildman–Crippen LogP) is 3.16. The number of hydrogen-bond donors (Lipinski definition) is 1. The number of rotatable bonds is 7. The van der Waals surface area contributed by atoms with Gasteiger partial charge in [0.25, 0.3) is 0 Å². The van der Waals surface area contributed by atoms with Gasteiger partial charge in [-0.3, -0.25) is 4.90 Å². The molecule has 1 N–H and O–H groups in total. The molecule has 5 nitrogen and oxygen atoms in total. The Hall–Kier alpha value is -1.30. The van der Waals surface area contributed by atoms with Crippen LogP contribution < -0.4 is 9.64 Å². The summed E-state index contributed by atoms with van der Waals surface area (Å²) in [7, 11) is 1.73. The number of nitrogens with zero attached hydrogens (tertiary/aromatic N) is 2. The van der Waals surface area contributed by atoms with Gasteiger partial charge in [0.1, 0.15) is 5.75 Å². The van der Waals surface area contributed by atoms with Crippen molar-refractivity contribution < 1.29 is 14.6 Å². The molecular weight excluding hydrogens is 364 g/mol. The SMILES string of the molecule is COc1ccccc1N1CCN(C[C@H](O)COC23CC4CC(CC(C4)C2)C3)CC1. The van der Waals surface area contributed by atoms with Gasteiger partial charge in [0, 0.05) is 32.7 Å². The minimum atomic E-state index is -0.388. The third kappa shape index (κ3) is 4.14. The molecule has 4 aliphatic carbocycles. The summed E-state index contributed by atoms with van der Waals surface area (Å²) in [6, 6.07) is 8.23. The van der Waals surface area contributed by atoms with Crippen LogP contribution in [0, 0.1) is 17.8 Å². The van der Waals surface area contributed by atoms with E-state index in [1.165, 1.54) is 44.2 Å². The lowest BCUT2D eigenvalue weighted by molar-refractivity contribution is -0.176. The summed E-state index contributed by atoms with van der Waals surface area (Å²) in [6.45, 7) is 5.07. The highest BCUT2D eigenvalue weighted by molar-refractivity contribution is 5.58. The average Bonchev–Trinajstić information content (AvgIpc) is 2.72. The molecule has 4 bridgehead atoms. The Kier molecular flexibility index (Phi) is 5.48. The van der Waals surface area contributed by atoms with Crippen LogP contribution in [-0.4, -0.2) is 68.2 Å². The molecule has 0 amide bonds. The van der Waals surface area contributed by atoms with Crippen LogP contribution in [0.3, 0.4) is 0 Å². The quantitative estimate of drug-likeness (QED) is 0.762. The Labute approximate surface area is 175 Å². The topological polar surface area (TPSA) is 45.2 Å². The highest BCUT2D eigenvalue weighted by atomic mass is 16.5. The number of aliphatic hydroxyl groups is 1. The van der Waals surface area contributed by atoms with Crippen molar-refractivity contribution in [1.29, 1.82) is 0 Å². The van der Waals surface area contributed by atoms with Crippen LogP contribution in [0.4, 0.5) is 5.69 Å². The molecule has 0 radical (unpaired) electrons. The molecule has 5 heteroatoms. The van der Waals surface area contributed by atoms with Gasteiger partial charge < -0.3 is 19.5 Å². The van der Waals surface area contributed by atoms with E-state index >= 15 is 0 Å². The predicted molar refractivity (Wildman–Crippen MR) is 115 cm³/mol. The molecule has 1 heterocycles. The van der Waals surface area contributed by atoms with Gasteiger partial charge in [0.2, 0.25) is 0 Å². The van der Waals surface area contributed by atoms with E-state index in [2.05, 4.69) is 21.9 Å². The number of aliphatic hydroxyl groups excluding tert-OH is 1. The zero-order valence-corrected chi connectivity index (χ0v) is 17.8. The molecule has 4 saturated carbocycles. The van der Waals surface area contributed by atoms with Gasteiger partial charge >= 0.3 is 0 Å². The van der Waals surface area contributed by atoms with E-state index in [9.17, 15) is 5.11 Å². The van der Waals surface area contributed by atoms with Gasteiger partial charge in [-0.15, -0.1) is 0 Å². The van der Waals surface area contributed by atoms with Crippen molar-refractivity contribution in [3.8, 4) is 5.75 Å². The van der Waals surface area contributed by atoms with Crippen molar-refractivity contribution in [3.05, 3.63) is 24.3 Å². The Balaban J connectivity index is 1.09. The maximum Gasteiger partial charge on any atom is 0.142 e. The zero-order valence-electron chi connectivity index (χ0n) is 17.8. The van der Waals surface area contributed by atoms with Gasteiger partial charge in [-0.1, -0.05) is 12.1 Å². The van der Waals surface area contributed by atoms with Crippen molar-refractivity contribution in [2.75, 3.05) is 51.3 Å². The Morgan fingerprint density at radius 3 is 2.24 bits per heavy atom. The van der Waals surface area contributed by atoms with Gasteiger partial charge in [-0.2, -0.15) is 0 Å². The molecule has 6 rings (SSSR count). The van der Waals surface area contributed by atoms with Crippen LogP contribution in [0.2, 0.25) is 0 Å². The van der Waals surface area contributed by atoms with Crippen molar-refractivity contribution in [2.24, 2.45) is 17.8 Å². The number of benzene rings is 1. The van der Waals surface area contributed by atoms with Crippen molar-refractivity contribution in [1.82, 2.24) is 4.90 Å². The first kappa shape index (κ1) is 19.7. The summed E-state index contributed by atoms with van der Waals surface area (Å²) in [6.07, 6.45) is 7.63. The van der Waals surface area contributed by atoms with Gasteiger partial charge in [-0.05, 0) is 68.4 Å². The van der Waals surface area contributed by atoms with Crippen LogP contribution in [0.15, 0.2) is 24.3 Å². The summed E-state index contributed by atoms with van der Waals surface area (Å²) in [5.74, 6) is 3.61. The van der Waals surface area contributed by atoms with E-state index in [-0.39, 0.29) is 11.7 Å². The number of methoxy groups -OCH3 is 1. The normalized spacial score (nSPS) is 35.1. The lowest BCUT2D eigenvalue weighted by Crippen LogP contribution is -2.53. The first-order valence-corrected chi connectivity index (χ1v) is 11.5. The first-order valence-electron chi connectivity index (χ1n) is 11.5. The summed E-state index contributed by atoms with van der Waals surface area (Å²) in [5.41, 5.74) is 1.26. The lowest BCUT2D eigenvalue weighted by Gasteiger charge is -2.56. The molecule has 5 fully saturated rings. The summed E-state index contributed by atoms with van der Waals surface area (Å²) >= 11 is 0. The number of β-amino-alcohol motifs (C(OH)–C–C–N with tert-alkyl or cyclic N) is 1. The molecule has 29 heavy (non-hydrogen) atoms. The molecule has 1 aromatic rings. The minimum Gasteiger partial charge on any atom is -0.495 e.